The van der Waals surface area contributed by atoms with E-state index in [9.17, 15) is 9.59 Å². The van der Waals surface area contributed by atoms with E-state index in [4.69, 9.17) is 14.5 Å². The molecule has 0 radical (unpaired) electrons. The Hall–Kier alpha value is -2.91. The van der Waals surface area contributed by atoms with Crippen LogP contribution in [-0.2, 0) is 14.3 Å². The van der Waals surface area contributed by atoms with Crippen LogP contribution < -0.4 is 14.8 Å². The van der Waals surface area contributed by atoms with E-state index in [1.807, 2.05) is 45.0 Å². The fraction of sp³-hybridized carbons (Fsp3) is 0.519. The molecule has 36 heavy (non-hydrogen) atoms. The molecule has 9 heteroatoms. The summed E-state index contributed by atoms with van der Waals surface area (Å²) in [5.41, 5.74) is 0.676. The molecule has 0 bridgehead atoms. The summed E-state index contributed by atoms with van der Waals surface area (Å²) in [7, 11) is 2.10. The molecule has 3 heterocycles. The smallest absolute Gasteiger partial charge is 0.423 e. The second-order valence-corrected chi connectivity index (χ2v) is 11.8. The highest BCUT2D eigenvalue weighted by atomic mass is 32.1. The Morgan fingerprint density at radius 1 is 1.11 bits per heavy atom. The first kappa shape index (κ1) is 26.2. The molecule has 2 aliphatic heterocycles. The lowest BCUT2D eigenvalue weighted by atomic mass is 9.84. The van der Waals surface area contributed by atoms with Gasteiger partial charge in [0.05, 0.1) is 22.0 Å². The van der Waals surface area contributed by atoms with Crippen LogP contribution in [0.15, 0.2) is 35.3 Å². The third-order valence-electron chi connectivity index (χ3n) is 6.46. The van der Waals surface area contributed by atoms with Crippen molar-refractivity contribution >= 4 is 40.6 Å². The summed E-state index contributed by atoms with van der Waals surface area (Å²) in [6.45, 7) is 12.7. The number of likely N-dealkylation sites (N-methyl/N-ethyl adjacent to an activating group) is 1. The molecule has 2 aromatic rings. The van der Waals surface area contributed by atoms with E-state index in [0.717, 1.165) is 46.8 Å². The van der Waals surface area contributed by atoms with Crippen LogP contribution in [0.2, 0.25) is 0 Å². The fourth-order valence-electron chi connectivity index (χ4n) is 4.85. The average Bonchev–Trinajstić information content (AvgIpc) is 3.10. The molecule has 1 amide bonds. The number of fused-ring (bicyclic) bond motifs is 2. The summed E-state index contributed by atoms with van der Waals surface area (Å²) in [4.78, 5) is 38.4. The predicted octanol–water partition coefficient (Wildman–Crippen LogP) is 3.85. The Bertz CT molecular complexity index is 1240. The second-order valence-electron chi connectivity index (χ2n) is 10.6. The zero-order chi connectivity index (χ0) is 26.0. The number of carbonyl (C=O) groups excluding carboxylic acids is 2. The monoisotopic (exact) mass is 512 g/mol. The Labute approximate surface area is 216 Å². The first-order valence-electron chi connectivity index (χ1n) is 12.4. The van der Waals surface area contributed by atoms with Gasteiger partial charge in [-0.25, -0.2) is 14.7 Å². The number of nitrogens with zero attached hydrogens (tertiary/aromatic N) is 4. The maximum atomic E-state index is 13.7. The number of amides is 1. The van der Waals surface area contributed by atoms with Gasteiger partial charge in [0.2, 0.25) is 6.79 Å². The largest absolute Gasteiger partial charge is 0.427 e. The van der Waals surface area contributed by atoms with Crippen LogP contribution in [0.5, 0.6) is 0 Å². The van der Waals surface area contributed by atoms with E-state index in [0.29, 0.717) is 23.7 Å². The van der Waals surface area contributed by atoms with Gasteiger partial charge in [0.1, 0.15) is 10.5 Å². The number of hydrogen-bond donors (Lipinski definition) is 0. The number of para-hydroxylation sites is 2. The standard InChI is InChI=1S/C27H36N4O4S/c1-18(2)16-27(4,5)25(32)34-17-35-26(33)31-22-10-8-7-9-21(22)28-23-20(15-19(3)36-23)24(31)30-13-11-29(6)12-14-30/h7-10,15,18H,11-14,16-17H2,1-6H3. The molecule has 0 atom stereocenters. The number of hydrogen-bond acceptors (Lipinski definition) is 8. The highest BCUT2D eigenvalue weighted by Gasteiger charge is 2.34. The molecule has 1 fully saturated rings. The Balaban J connectivity index is 1.67. The third kappa shape index (κ3) is 5.57. The minimum Gasteiger partial charge on any atom is -0.427 e. The van der Waals surface area contributed by atoms with Crippen molar-refractivity contribution in [2.24, 2.45) is 16.3 Å². The van der Waals surface area contributed by atoms with Crippen LogP contribution in [0.1, 0.15) is 39.0 Å². The second kappa shape index (κ2) is 10.6. The number of rotatable bonds is 6. The summed E-state index contributed by atoms with van der Waals surface area (Å²) in [6, 6.07) is 9.64. The summed E-state index contributed by atoms with van der Waals surface area (Å²) < 4.78 is 11.8. The molecule has 2 aliphatic rings. The quantitative estimate of drug-likeness (QED) is 0.432. The summed E-state index contributed by atoms with van der Waals surface area (Å²) in [5, 5.41) is 0.908. The third-order valence-corrected chi connectivity index (χ3v) is 7.41. The van der Waals surface area contributed by atoms with Crippen LogP contribution in [0, 0.1) is 18.3 Å². The molecular weight excluding hydrogens is 476 g/mol. The molecule has 1 aromatic heterocycles. The summed E-state index contributed by atoms with van der Waals surface area (Å²) >= 11 is 1.61. The van der Waals surface area contributed by atoms with Crippen LogP contribution in [0.3, 0.4) is 0 Å². The Morgan fingerprint density at radius 3 is 2.50 bits per heavy atom. The van der Waals surface area contributed by atoms with Crippen LogP contribution in [0.25, 0.3) is 5.82 Å². The van der Waals surface area contributed by atoms with Crippen LogP contribution >= 0.6 is 11.3 Å². The van der Waals surface area contributed by atoms with Gasteiger partial charge >= 0.3 is 12.1 Å². The van der Waals surface area contributed by atoms with Crippen molar-refractivity contribution in [3.63, 3.8) is 0 Å². The molecule has 0 saturated carbocycles. The molecule has 0 N–H and O–H groups in total. The number of aryl methyl sites for hydroxylation is 1. The van der Waals surface area contributed by atoms with Gasteiger partial charge in [-0.05, 0) is 58.4 Å². The maximum absolute atomic E-state index is 13.7. The minimum absolute atomic E-state index is 0.344. The number of thiophene rings is 1. The number of carbonyl (C=O) groups is 2. The zero-order valence-electron chi connectivity index (χ0n) is 22.0. The molecule has 0 unspecified atom stereocenters. The first-order chi connectivity index (χ1) is 17.1. The SMILES string of the molecule is Cc1cc2c(s1)=Nc1ccccc1N(C(=O)OCOC(=O)C(C)(C)CC(C)C)C=2N1CCN(C)CC1. The van der Waals surface area contributed by atoms with Crippen molar-refractivity contribution in [3.05, 3.63) is 45.1 Å². The topological polar surface area (TPSA) is 74.7 Å². The van der Waals surface area contributed by atoms with Crippen molar-refractivity contribution in [3.8, 4) is 0 Å². The van der Waals surface area contributed by atoms with Gasteiger partial charge in [0, 0.05) is 31.1 Å². The number of anilines is 1. The van der Waals surface area contributed by atoms with Crippen molar-refractivity contribution in [1.29, 1.82) is 0 Å². The lowest BCUT2D eigenvalue weighted by Gasteiger charge is -2.38. The summed E-state index contributed by atoms with van der Waals surface area (Å²) in [6.07, 6.45) is 0.0836. The van der Waals surface area contributed by atoms with E-state index < -0.39 is 18.3 Å². The first-order valence-corrected chi connectivity index (χ1v) is 13.2. The van der Waals surface area contributed by atoms with Gasteiger partial charge < -0.3 is 19.3 Å². The lowest BCUT2D eigenvalue weighted by Crippen LogP contribution is -2.51. The van der Waals surface area contributed by atoms with Crippen molar-refractivity contribution in [2.75, 3.05) is 44.9 Å². The number of ether oxygens (including phenoxy) is 2. The minimum atomic E-state index is -0.658. The van der Waals surface area contributed by atoms with Gasteiger partial charge in [-0.15, -0.1) is 11.3 Å². The molecule has 194 valence electrons. The molecule has 0 aliphatic carbocycles. The molecule has 8 nitrogen and oxygen atoms in total. The van der Waals surface area contributed by atoms with Crippen molar-refractivity contribution < 1.29 is 19.1 Å². The Morgan fingerprint density at radius 2 is 1.81 bits per heavy atom. The number of piperazine rings is 1. The van der Waals surface area contributed by atoms with Gasteiger partial charge in [-0.1, -0.05) is 26.0 Å². The van der Waals surface area contributed by atoms with Gasteiger partial charge in [-0.3, -0.25) is 4.79 Å². The van der Waals surface area contributed by atoms with E-state index in [-0.39, 0.29) is 5.97 Å². The molecule has 0 spiro atoms. The summed E-state index contributed by atoms with van der Waals surface area (Å²) in [5.74, 6) is 0.721. The molecule has 1 aromatic carbocycles. The highest BCUT2D eigenvalue weighted by Crippen LogP contribution is 2.34. The zero-order valence-corrected chi connectivity index (χ0v) is 22.9. The van der Waals surface area contributed by atoms with E-state index >= 15 is 0 Å². The van der Waals surface area contributed by atoms with Crippen LogP contribution in [-0.4, -0.2) is 61.9 Å². The molecular formula is C27H36N4O4S. The van der Waals surface area contributed by atoms with Crippen molar-refractivity contribution in [1.82, 2.24) is 9.80 Å². The van der Waals surface area contributed by atoms with Crippen LogP contribution in [0.4, 0.5) is 16.2 Å². The lowest BCUT2D eigenvalue weighted by molar-refractivity contribution is -0.163. The average molecular weight is 513 g/mol. The molecule has 4 rings (SSSR count). The predicted molar refractivity (Wildman–Crippen MR) is 142 cm³/mol. The Kier molecular flexibility index (Phi) is 7.70. The van der Waals surface area contributed by atoms with Crippen molar-refractivity contribution in [2.45, 2.75) is 41.0 Å². The maximum Gasteiger partial charge on any atom is 0.423 e. The van der Waals surface area contributed by atoms with E-state index in [2.05, 4.69) is 36.8 Å². The highest BCUT2D eigenvalue weighted by molar-refractivity contribution is 7.09. The normalized spacial score (nSPS) is 16.2. The van der Waals surface area contributed by atoms with Gasteiger partial charge in [0.25, 0.3) is 0 Å². The van der Waals surface area contributed by atoms with E-state index in [1.54, 1.807) is 16.2 Å². The van der Waals surface area contributed by atoms with Gasteiger partial charge in [0.15, 0.2) is 0 Å². The molecule has 1 saturated heterocycles. The number of benzene rings is 1. The van der Waals surface area contributed by atoms with Gasteiger partial charge in [-0.2, -0.15) is 0 Å². The number of esters is 1. The fourth-order valence-corrected chi connectivity index (χ4v) is 5.73. The van der Waals surface area contributed by atoms with E-state index in [1.165, 1.54) is 0 Å².